The zero-order chi connectivity index (χ0) is 13.8. The van der Waals surface area contributed by atoms with Crippen molar-refractivity contribution in [1.29, 1.82) is 0 Å². The summed E-state index contributed by atoms with van der Waals surface area (Å²) in [5.74, 6) is 0. The summed E-state index contributed by atoms with van der Waals surface area (Å²) in [4.78, 5) is 8.29. The van der Waals surface area contributed by atoms with Gasteiger partial charge in [0, 0.05) is 34.9 Å². The van der Waals surface area contributed by atoms with Gasteiger partial charge >= 0.3 is 0 Å². The summed E-state index contributed by atoms with van der Waals surface area (Å²) in [6.07, 6.45) is 7.17. The first-order chi connectivity index (χ1) is 9.81. The molecular weight excluding hydrogens is 270 g/mol. The summed E-state index contributed by atoms with van der Waals surface area (Å²) in [6.45, 7) is 0. The number of aromatic nitrogens is 2. The lowest BCUT2D eigenvalue weighted by Gasteiger charge is -2.08. The highest BCUT2D eigenvalue weighted by Crippen LogP contribution is 2.23. The van der Waals surface area contributed by atoms with Crippen LogP contribution in [-0.4, -0.2) is 9.97 Å². The molecule has 0 aliphatic heterocycles. The summed E-state index contributed by atoms with van der Waals surface area (Å²) in [5.41, 5.74) is 4.04. The third kappa shape index (κ3) is 2.95. The van der Waals surface area contributed by atoms with Gasteiger partial charge in [0.15, 0.2) is 0 Å². The minimum Gasteiger partial charge on any atom is -0.354 e. The smallest absolute Gasteiger partial charge is 0.0576 e. The van der Waals surface area contributed by atoms with Gasteiger partial charge in [0.1, 0.15) is 0 Å². The minimum atomic E-state index is 0.721. The van der Waals surface area contributed by atoms with Crippen LogP contribution in [0.2, 0.25) is 5.02 Å². The molecule has 0 spiro atoms. The first kappa shape index (κ1) is 12.6. The SMILES string of the molecule is Clc1ccc(Nc2cncc(-c3ccncc3)c2)cc1. The molecule has 2 heterocycles. The van der Waals surface area contributed by atoms with Crippen molar-refractivity contribution in [2.45, 2.75) is 0 Å². The molecule has 0 atom stereocenters. The second-order valence-corrected chi connectivity index (χ2v) is 4.77. The fraction of sp³-hybridized carbons (Fsp3) is 0. The van der Waals surface area contributed by atoms with Gasteiger partial charge in [-0.25, -0.2) is 0 Å². The Kier molecular flexibility index (Phi) is 3.61. The van der Waals surface area contributed by atoms with E-state index in [0.29, 0.717) is 0 Å². The van der Waals surface area contributed by atoms with Crippen LogP contribution >= 0.6 is 11.6 Å². The van der Waals surface area contributed by atoms with Crippen molar-refractivity contribution in [3.8, 4) is 11.1 Å². The first-order valence-electron chi connectivity index (χ1n) is 6.19. The van der Waals surface area contributed by atoms with Crippen LogP contribution in [0, 0.1) is 0 Å². The fourth-order valence-electron chi connectivity index (χ4n) is 1.91. The Morgan fingerprint density at radius 1 is 0.750 bits per heavy atom. The van der Waals surface area contributed by atoms with E-state index in [4.69, 9.17) is 11.6 Å². The fourth-order valence-corrected chi connectivity index (χ4v) is 2.04. The topological polar surface area (TPSA) is 37.8 Å². The average molecular weight is 282 g/mol. The van der Waals surface area contributed by atoms with E-state index in [1.165, 1.54) is 0 Å². The summed E-state index contributed by atoms with van der Waals surface area (Å²) >= 11 is 5.87. The number of nitrogens with one attached hydrogen (secondary N) is 1. The van der Waals surface area contributed by atoms with Crippen LogP contribution in [0.5, 0.6) is 0 Å². The monoisotopic (exact) mass is 281 g/mol. The van der Waals surface area contributed by atoms with Gasteiger partial charge in [-0.1, -0.05) is 11.6 Å². The summed E-state index contributed by atoms with van der Waals surface area (Å²) < 4.78 is 0. The van der Waals surface area contributed by atoms with Crippen molar-refractivity contribution in [2.75, 3.05) is 5.32 Å². The molecule has 3 rings (SSSR count). The van der Waals surface area contributed by atoms with Gasteiger partial charge < -0.3 is 5.32 Å². The molecule has 0 bridgehead atoms. The summed E-state index contributed by atoms with van der Waals surface area (Å²) in [6, 6.07) is 13.5. The zero-order valence-electron chi connectivity index (χ0n) is 10.6. The quantitative estimate of drug-likeness (QED) is 0.766. The number of benzene rings is 1. The van der Waals surface area contributed by atoms with Crippen molar-refractivity contribution in [2.24, 2.45) is 0 Å². The van der Waals surface area contributed by atoms with Crippen molar-refractivity contribution in [3.05, 3.63) is 72.3 Å². The third-order valence-corrected chi connectivity index (χ3v) is 3.14. The lowest BCUT2D eigenvalue weighted by atomic mass is 10.1. The predicted molar refractivity (Wildman–Crippen MR) is 82.2 cm³/mol. The van der Waals surface area contributed by atoms with Gasteiger partial charge in [0.25, 0.3) is 0 Å². The Morgan fingerprint density at radius 2 is 1.50 bits per heavy atom. The van der Waals surface area contributed by atoms with Crippen molar-refractivity contribution >= 4 is 23.0 Å². The molecule has 3 nitrogen and oxygen atoms in total. The highest BCUT2D eigenvalue weighted by molar-refractivity contribution is 6.30. The molecule has 20 heavy (non-hydrogen) atoms. The van der Waals surface area contributed by atoms with Crippen LogP contribution in [0.15, 0.2) is 67.3 Å². The van der Waals surface area contributed by atoms with Gasteiger partial charge in [-0.2, -0.15) is 0 Å². The second kappa shape index (κ2) is 5.72. The lowest BCUT2D eigenvalue weighted by Crippen LogP contribution is -1.91. The molecule has 1 N–H and O–H groups in total. The highest BCUT2D eigenvalue weighted by atomic mass is 35.5. The van der Waals surface area contributed by atoms with E-state index in [1.807, 2.05) is 42.6 Å². The molecule has 0 aliphatic rings. The Bertz CT molecular complexity index is 696. The van der Waals surface area contributed by atoms with Gasteiger partial charge in [-0.3, -0.25) is 9.97 Å². The van der Waals surface area contributed by atoms with Crippen LogP contribution < -0.4 is 5.32 Å². The molecule has 4 heteroatoms. The average Bonchev–Trinajstić information content (AvgIpc) is 2.51. The minimum absolute atomic E-state index is 0.721. The molecule has 0 saturated heterocycles. The molecule has 0 saturated carbocycles. The largest absolute Gasteiger partial charge is 0.354 e. The maximum Gasteiger partial charge on any atom is 0.0576 e. The summed E-state index contributed by atoms with van der Waals surface area (Å²) in [5, 5.41) is 4.03. The number of halogens is 1. The number of hydrogen-bond acceptors (Lipinski definition) is 3. The van der Waals surface area contributed by atoms with Crippen molar-refractivity contribution in [1.82, 2.24) is 9.97 Å². The second-order valence-electron chi connectivity index (χ2n) is 4.33. The lowest BCUT2D eigenvalue weighted by molar-refractivity contribution is 1.30. The van der Waals surface area contributed by atoms with E-state index in [9.17, 15) is 0 Å². The van der Waals surface area contributed by atoms with Crippen LogP contribution in [0.3, 0.4) is 0 Å². The summed E-state index contributed by atoms with van der Waals surface area (Å²) in [7, 11) is 0. The zero-order valence-corrected chi connectivity index (χ0v) is 11.4. The van der Waals surface area contributed by atoms with Crippen molar-refractivity contribution in [3.63, 3.8) is 0 Å². The van der Waals surface area contributed by atoms with Crippen molar-refractivity contribution < 1.29 is 0 Å². The van der Waals surface area contributed by atoms with Crippen LogP contribution in [0.25, 0.3) is 11.1 Å². The number of anilines is 2. The van der Waals surface area contributed by atoms with E-state index >= 15 is 0 Å². The van der Waals surface area contributed by atoms with Crippen LogP contribution in [-0.2, 0) is 0 Å². The Labute approximate surface area is 122 Å². The molecule has 0 radical (unpaired) electrons. The molecular formula is C16H12ClN3. The number of pyridine rings is 2. The molecule has 0 amide bonds. The molecule has 0 fully saturated rings. The van der Waals surface area contributed by atoms with E-state index < -0.39 is 0 Å². The van der Waals surface area contributed by atoms with Gasteiger partial charge in [-0.15, -0.1) is 0 Å². The first-order valence-corrected chi connectivity index (χ1v) is 6.57. The van der Waals surface area contributed by atoms with Gasteiger partial charge in [-0.05, 0) is 48.0 Å². The number of hydrogen-bond donors (Lipinski definition) is 1. The number of rotatable bonds is 3. The molecule has 1 aromatic carbocycles. The predicted octanol–water partition coefficient (Wildman–Crippen LogP) is 4.54. The van der Waals surface area contributed by atoms with Gasteiger partial charge in [0.2, 0.25) is 0 Å². The Morgan fingerprint density at radius 3 is 2.25 bits per heavy atom. The van der Waals surface area contributed by atoms with E-state index in [1.54, 1.807) is 18.6 Å². The molecule has 3 aromatic rings. The Balaban J connectivity index is 1.86. The van der Waals surface area contributed by atoms with E-state index in [-0.39, 0.29) is 0 Å². The Hall–Kier alpha value is -2.39. The normalized spacial score (nSPS) is 10.2. The van der Waals surface area contributed by atoms with Crippen LogP contribution in [0.4, 0.5) is 11.4 Å². The third-order valence-electron chi connectivity index (χ3n) is 2.88. The van der Waals surface area contributed by atoms with Gasteiger partial charge in [0.05, 0.1) is 11.9 Å². The maximum absolute atomic E-state index is 5.87. The highest BCUT2D eigenvalue weighted by Gasteiger charge is 2.00. The van der Waals surface area contributed by atoms with E-state index in [2.05, 4.69) is 21.4 Å². The molecule has 0 unspecified atom stereocenters. The number of nitrogens with zero attached hydrogens (tertiary/aromatic N) is 2. The van der Waals surface area contributed by atoms with Crippen LogP contribution in [0.1, 0.15) is 0 Å². The standard InChI is InChI=1S/C16H12ClN3/c17-14-1-3-15(4-2-14)20-16-9-13(10-19-11-16)12-5-7-18-8-6-12/h1-11,20H. The molecule has 2 aromatic heterocycles. The molecule has 0 aliphatic carbocycles. The maximum atomic E-state index is 5.87. The van der Waals surface area contributed by atoms with E-state index in [0.717, 1.165) is 27.5 Å². The molecule has 98 valence electrons.